The van der Waals surface area contributed by atoms with Crippen molar-refractivity contribution in [3.8, 4) is 0 Å². The van der Waals surface area contributed by atoms with Gasteiger partial charge in [-0.1, -0.05) is 11.6 Å². The van der Waals surface area contributed by atoms with Crippen LogP contribution in [0.25, 0.3) is 0 Å². The zero-order valence-electron chi connectivity index (χ0n) is 15.1. The van der Waals surface area contributed by atoms with Gasteiger partial charge in [0.2, 0.25) is 5.78 Å². The van der Waals surface area contributed by atoms with Gasteiger partial charge < -0.3 is 15.4 Å². The zero-order valence-corrected chi connectivity index (χ0v) is 15.9. The van der Waals surface area contributed by atoms with Crippen LogP contribution >= 0.6 is 11.6 Å². The number of alkyl halides is 1. The number of ether oxygens (including phenoxy) is 1. The number of Topliss-reactive ketones (excluding diaryl/α,β-unsaturated/α-hetero) is 1. The van der Waals surface area contributed by atoms with Crippen molar-refractivity contribution in [3.05, 3.63) is 28.8 Å². The third-order valence-electron chi connectivity index (χ3n) is 3.57. The molecule has 0 saturated heterocycles. The fourth-order valence-corrected chi connectivity index (χ4v) is 2.33. The Morgan fingerprint density at radius 1 is 1.22 bits per heavy atom. The summed E-state index contributed by atoms with van der Waals surface area (Å²) in [6, 6.07) is 2.87. The summed E-state index contributed by atoms with van der Waals surface area (Å²) in [6.45, 7) is 1.30. The Kier molecular flexibility index (Phi) is 8.67. The molecule has 1 unspecified atom stereocenters. The van der Waals surface area contributed by atoms with Crippen molar-refractivity contribution < 1.29 is 28.3 Å². The molecule has 0 saturated carbocycles. The first-order chi connectivity index (χ1) is 12.7. The van der Waals surface area contributed by atoms with Crippen molar-refractivity contribution in [3.63, 3.8) is 0 Å². The number of amides is 3. The van der Waals surface area contributed by atoms with Crippen molar-refractivity contribution in [2.24, 2.45) is 0 Å². The molecule has 0 heterocycles. The van der Waals surface area contributed by atoms with Gasteiger partial charge in [0.25, 0.3) is 11.8 Å². The highest BCUT2D eigenvalue weighted by Crippen LogP contribution is 2.21. The first kappa shape index (κ1) is 22.4. The number of ketones is 1. The van der Waals surface area contributed by atoms with Gasteiger partial charge in [-0.2, -0.15) is 0 Å². The summed E-state index contributed by atoms with van der Waals surface area (Å²) in [6.07, 6.45) is -2.13. The van der Waals surface area contributed by atoms with Crippen LogP contribution in [0, 0.1) is 0 Å². The fourth-order valence-electron chi connectivity index (χ4n) is 2.16. The van der Waals surface area contributed by atoms with E-state index in [1.807, 2.05) is 0 Å². The van der Waals surface area contributed by atoms with E-state index < -0.39 is 35.9 Å². The van der Waals surface area contributed by atoms with E-state index in [2.05, 4.69) is 20.7 Å². The van der Waals surface area contributed by atoms with Gasteiger partial charge in [-0.3, -0.25) is 19.7 Å². The SMILES string of the molecule is CNC(=O)C(=O)[C@H](CCC(C)F)NC(=O)c1cc(Cl)ccc1NC(=O)OC. The minimum atomic E-state index is -1.24. The molecule has 0 radical (unpaired) electrons. The standard InChI is InChI=1S/C17H21ClFN3O5/c1-9(19)4-6-13(14(23)16(25)20-2)21-15(24)11-8-10(18)5-7-12(11)22-17(26)27-3/h5,7-9,13H,4,6H2,1-3H3,(H,20,25)(H,21,24)(H,22,26)/t9?,13-/m0/s1. The van der Waals surface area contributed by atoms with Crippen LogP contribution in [-0.2, 0) is 14.3 Å². The number of carbonyl (C=O) groups excluding carboxylic acids is 4. The van der Waals surface area contributed by atoms with Gasteiger partial charge >= 0.3 is 6.09 Å². The van der Waals surface area contributed by atoms with Gasteiger partial charge in [-0.25, -0.2) is 9.18 Å². The Morgan fingerprint density at radius 3 is 2.44 bits per heavy atom. The van der Waals surface area contributed by atoms with E-state index >= 15 is 0 Å². The lowest BCUT2D eigenvalue weighted by atomic mass is 10.0. The fraction of sp³-hybridized carbons (Fsp3) is 0.412. The number of benzene rings is 1. The van der Waals surface area contributed by atoms with Crippen LogP contribution < -0.4 is 16.0 Å². The first-order valence-corrected chi connectivity index (χ1v) is 8.42. The summed E-state index contributed by atoms with van der Waals surface area (Å²) in [5.41, 5.74) is 0.0460. The molecule has 0 aliphatic heterocycles. The average molecular weight is 402 g/mol. The third-order valence-corrected chi connectivity index (χ3v) is 3.81. The molecule has 0 aliphatic rings. The van der Waals surface area contributed by atoms with E-state index in [4.69, 9.17) is 11.6 Å². The van der Waals surface area contributed by atoms with Crippen LogP contribution in [0.2, 0.25) is 5.02 Å². The number of likely N-dealkylation sites (N-methyl/N-ethyl adjacent to an activating group) is 1. The molecule has 3 amide bonds. The average Bonchev–Trinajstić information content (AvgIpc) is 2.64. The number of halogens is 2. The van der Waals surface area contributed by atoms with E-state index in [-0.39, 0.29) is 29.1 Å². The summed E-state index contributed by atoms with van der Waals surface area (Å²) in [7, 11) is 2.42. The molecule has 0 bridgehead atoms. The number of hydrogen-bond donors (Lipinski definition) is 3. The quantitative estimate of drug-likeness (QED) is 0.577. The zero-order chi connectivity index (χ0) is 20.6. The van der Waals surface area contributed by atoms with E-state index in [0.717, 1.165) is 7.11 Å². The minimum Gasteiger partial charge on any atom is -0.453 e. The molecule has 1 rings (SSSR count). The first-order valence-electron chi connectivity index (χ1n) is 8.05. The highest BCUT2D eigenvalue weighted by atomic mass is 35.5. The Hall–Kier alpha value is -2.68. The van der Waals surface area contributed by atoms with Gasteiger partial charge in [0.1, 0.15) is 0 Å². The summed E-state index contributed by atoms with van der Waals surface area (Å²) in [5.74, 6) is -2.58. The van der Waals surface area contributed by atoms with E-state index in [9.17, 15) is 23.6 Å². The number of rotatable bonds is 8. The minimum absolute atomic E-state index is 0.0313. The lowest BCUT2D eigenvalue weighted by Gasteiger charge is -2.18. The Morgan fingerprint density at radius 2 is 1.89 bits per heavy atom. The summed E-state index contributed by atoms with van der Waals surface area (Å²) in [5, 5.41) is 7.13. The van der Waals surface area contributed by atoms with Gasteiger partial charge in [0.05, 0.1) is 30.6 Å². The molecule has 2 atom stereocenters. The van der Waals surface area contributed by atoms with Crippen LogP contribution in [0.5, 0.6) is 0 Å². The molecule has 0 spiro atoms. The van der Waals surface area contributed by atoms with Gasteiger partial charge in [0, 0.05) is 12.1 Å². The van der Waals surface area contributed by atoms with E-state index in [1.54, 1.807) is 0 Å². The lowest BCUT2D eigenvalue weighted by Crippen LogP contribution is -2.47. The second-order valence-electron chi connectivity index (χ2n) is 5.63. The molecular weight excluding hydrogens is 381 g/mol. The summed E-state index contributed by atoms with van der Waals surface area (Å²) < 4.78 is 17.7. The Bertz CT molecular complexity index is 727. The van der Waals surface area contributed by atoms with Crippen LogP contribution in [0.15, 0.2) is 18.2 Å². The van der Waals surface area contributed by atoms with Crippen LogP contribution in [0.4, 0.5) is 14.9 Å². The second-order valence-corrected chi connectivity index (χ2v) is 6.07. The molecule has 1 aromatic carbocycles. The predicted molar refractivity (Wildman–Crippen MR) is 97.6 cm³/mol. The van der Waals surface area contributed by atoms with Gasteiger partial charge in [0.15, 0.2) is 0 Å². The number of methoxy groups -OCH3 is 1. The highest BCUT2D eigenvalue weighted by Gasteiger charge is 2.28. The second kappa shape index (κ2) is 10.5. The molecule has 0 fully saturated rings. The smallest absolute Gasteiger partial charge is 0.411 e. The number of hydrogen-bond acceptors (Lipinski definition) is 5. The lowest BCUT2D eigenvalue weighted by molar-refractivity contribution is -0.138. The molecule has 148 valence electrons. The largest absolute Gasteiger partial charge is 0.453 e. The maximum absolute atomic E-state index is 13.2. The van der Waals surface area contributed by atoms with Crippen LogP contribution in [0.1, 0.15) is 30.1 Å². The molecule has 27 heavy (non-hydrogen) atoms. The topological polar surface area (TPSA) is 114 Å². The van der Waals surface area contributed by atoms with Crippen molar-refractivity contribution in [1.29, 1.82) is 0 Å². The maximum atomic E-state index is 13.2. The number of anilines is 1. The van der Waals surface area contributed by atoms with Gasteiger partial charge in [-0.05, 0) is 38.0 Å². The normalized spacial score (nSPS) is 12.5. The van der Waals surface area contributed by atoms with Crippen molar-refractivity contribution >= 4 is 41.0 Å². The third kappa shape index (κ3) is 6.86. The Labute approximate surface area is 160 Å². The number of nitrogens with one attached hydrogen (secondary N) is 3. The molecule has 1 aromatic rings. The summed E-state index contributed by atoms with van der Waals surface area (Å²) >= 11 is 5.90. The molecule has 8 nitrogen and oxygen atoms in total. The predicted octanol–water partition coefficient (Wildman–Crippen LogP) is 2.07. The van der Waals surface area contributed by atoms with E-state index in [1.165, 1.54) is 32.2 Å². The van der Waals surface area contributed by atoms with Crippen molar-refractivity contribution in [1.82, 2.24) is 10.6 Å². The molecule has 3 N–H and O–H groups in total. The van der Waals surface area contributed by atoms with Crippen LogP contribution in [-0.4, -0.2) is 50.1 Å². The monoisotopic (exact) mass is 401 g/mol. The maximum Gasteiger partial charge on any atom is 0.411 e. The molecular formula is C17H21ClFN3O5. The number of carbonyl (C=O) groups is 4. The highest BCUT2D eigenvalue weighted by molar-refractivity contribution is 6.38. The van der Waals surface area contributed by atoms with Crippen LogP contribution in [0.3, 0.4) is 0 Å². The molecule has 10 heteroatoms. The molecule has 0 aromatic heterocycles. The van der Waals surface area contributed by atoms with Crippen molar-refractivity contribution in [2.75, 3.05) is 19.5 Å². The molecule has 0 aliphatic carbocycles. The Balaban J connectivity index is 3.09. The van der Waals surface area contributed by atoms with E-state index in [0.29, 0.717) is 0 Å². The van der Waals surface area contributed by atoms with Gasteiger partial charge in [-0.15, -0.1) is 0 Å². The summed E-state index contributed by atoms with van der Waals surface area (Å²) in [4.78, 5) is 47.8. The van der Waals surface area contributed by atoms with Crippen molar-refractivity contribution in [2.45, 2.75) is 32.0 Å².